The van der Waals surface area contributed by atoms with Gasteiger partial charge in [0, 0.05) is 29.3 Å². The highest BCUT2D eigenvalue weighted by atomic mass is 32.1. The van der Waals surface area contributed by atoms with Crippen molar-refractivity contribution in [2.24, 2.45) is 0 Å². The standard InChI is InChI=1S/C16H21NOS/c1-12(17-11-16(18-2)8-5-9-16)15-10-13-6-3-4-7-14(13)19-15/h3-4,6-7,10,12,17H,5,8-9,11H2,1-2H3. The van der Waals surface area contributed by atoms with Crippen molar-refractivity contribution in [3.8, 4) is 0 Å². The van der Waals surface area contributed by atoms with Gasteiger partial charge in [-0.2, -0.15) is 0 Å². The summed E-state index contributed by atoms with van der Waals surface area (Å²) in [5, 5.41) is 4.99. The number of ether oxygens (including phenoxy) is 1. The van der Waals surface area contributed by atoms with E-state index in [0.717, 1.165) is 6.54 Å². The van der Waals surface area contributed by atoms with E-state index in [2.05, 4.69) is 42.6 Å². The topological polar surface area (TPSA) is 21.3 Å². The minimum absolute atomic E-state index is 0.102. The van der Waals surface area contributed by atoms with Gasteiger partial charge in [-0.15, -0.1) is 11.3 Å². The minimum atomic E-state index is 0.102. The molecule has 0 bridgehead atoms. The molecule has 1 aromatic carbocycles. The average Bonchev–Trinajstić information content (AvgIpc) is 2.81. The number of hydrogen-bond donors (Lipinski definition) is 1. The molecule has 19 heavy (non-hydrogen) atoms. The lowest BCUT2D eigenvalue weighted by molar-refractivity contribution is -0.0706. The molecule has 1 unspecified atom stereocenters. The Labute approximate surface area is 118 Å². The molecule has 0 spiro atoms. The predicted molar refractivity (Wildman–Crippen MR) is 81.8 cm³/mol. The molecule has 1 saturated carbocycles. The highest BCUT2D eigenvalue weighted by molar-refractivity contribution is 7.19. The minimum Gasteiger partial charge on any atom is -0.377 e. The highest BCUT2D eigenvalue weighted by Crippen LogP contribution is 2.35. The summed E-state index contributed by atoms with van der Waals surface area (Å²) in [5.74, 6) is 0. The van der Waals surface area contributed by atoms with Crippen molar-refractivity contribution in [3.63, 3.8) is 0 Å². The van der Waals surface area contributed by atoms with Crippen LogP contribution in [0.5, 0.6) is 0 Å². The van der Waals surface area contributed by atoms with Crippen molar-refractivity contribution < 1.29 is 4.74 Å². The first kappa shape index (κ1) is 13.1. The fourth-order valence-electron chi connectivity index (χ4n) is 2.68. The van der Waals surface area contributed by atoms with Gasteiger partial charge in [0.05, 0.1) is 5.60 Å². The van der Waals surface area contributed by atoms with Crippen LogP contribution in [-0.4, -0.2) is 19.3 Å². The molecule has 0 radical (unpaired) electrons. The summed E-state index contributed by atoms with van der Waals surface area (Å²) in [5.41, 5.74) is 0.102. The van der Waals surface area contributed by atoms with Crippen LogP contribution in [-0.2, 0) is 4.74 Å². The molecule has 0 amide bonds. The van der Waals surface area contributed by atoms with Crippen LogP contribution in [0.25, 0.3) is 10.1 Å². The third kappa shape index (κ3) is 2.55. The van der Waals surface area contributed by atoms with Crippen LogP contribution in [0.1, 0.15) is 37.1 Å². The summed E-state index contributed by atoms with van der Waals surface area (Å²) in [4.78, 5) is 1.41. The van der Waals surface area contributed by atoms with E-state index in [0.29, 0.717) is 6.04 Å². The SMILES string of the molecule is COC1(CNC(C)c2cc3ccccc3s2)CCC1. The number of thiophene rings is 1. The maximum atomic E-state index is 5.66. The van der Waals surface area contributed by atoms with Crippen molar-refractivity contribution in [2.45, 2.75) is 37.8 Å². The van der Waals surface area contributed by atoms with Gasteiger partial charge in [-0.1, -0.05) is 18.2 Å². The summed E-state index contributed by atoms with van der Waals surface area (Å²) in [6, 6.07) is 11.3. The van der Waals surface area contributed by atoms with E-state index in [-0.39, 0.29) is 5.60 Å². The van der Waals surface area contributed by atoms with Gasteiger partial charge in [0.1, 0.15) is 0 Å². The summed E-state index contributed by atoms with van der Waals surface area (Å²) >= 11 is 1.89. The van der Waals surface area contributed by atoms with Gasteiger partial charge in [0.25, 0.3) is 0 Å². The second-order valence-electron chi connectivity index (χ2n) is 5.53. The molecular formula is C16H21NOS. The van der Waals surface area contributed by atoms with E-state index in [1.165, 1.54) is 34.2 Å². The second-order valence-corrected chi connectivity index (χ2v) is 6.65. The third-order valence-electron chi connectivity index (χ3n) is 4.30. The van der Waals surface area contributed by atoms with Gasteiger partial charge >= 0.3 is 0 Å². The quantitative estimate of drug-likeness (QED) is 0.886. The summed E-state index contributed by atoms with van der Waals surface area (Å²) < 4.78 is 7.03. The second kappa shape index (κ2) is 5.23. The zero-order valence-corrected chi connectivity index (χ0v) is 12.4. The largest absolute Gasteiger partial charge is 0.377 e. The Morgan fingerprint density at radius 3 is 2.79 bits per heavy atom. The zero-order valence-electron chi connectivity index (χ0n) is 11.6. The van der Waals surface area contributed by atoms with Gasteiger partial charge in [-0.05, 0) is 43.7 Å². The number of nitrogens with one attached hydrogen (secondary N) is 1. The summed E-state index contributed by atoms with van der Waals surface area (Å²) in [7, 11) is 1.84. The van der Waals surface area contributed by atoms with Gasteiger partial charge in [0.15, 0.2) is 0 Å². The van der Waals surface area contributed by atoms with Crippen LogP contribution in [0.4, 0.5) is 0 Å². The van der Waals surface area contributed by atoms with Crippen molar-refractivity contribution in [1.29, 1.82) is 0 Å². The Kier molecular flexibility index (Phi) is 3.61. The normalized spacial score (nSPS) is 19.3. The molecular weight excluding hydrogens is 254 g/mol. The van der Waals surface area contributed by atoms with Gasteiger partial charge < -0.3 is 10.1 Å². The van der Waals surface area contributed by atoms with Crippen molar-refractivity contribution in [2.75, 3.05) is 13.7 Å². The number of rotatable bonds is 5. The van der Waals surface area contributed by atoms with Crippen LogP contribution in [0.2, 0.25) is 0 Å². The molecule has 3 heteroatoms. The molecule has 102 valence electrons. The van der Waals surface area contributed by atoms with Crippen molar-refractivity contribution in [3.05, 3.63) is 35.2 Å². The Balaban J connectivity index is 1.68. The molecule has 0 aliphatic heterocycles. The molecule has 3 rings (SSSR count). The summed E-state index contributed by atoms with van der Waals surface area (Å²) in [6.07, 6.45) is 3.68. The van der Waals surface area contributed by atoms with E-state index in [1.807, 2.05) is 18.4 Å². The van der Waals surface area contributed by atoms with Crippen LogP contribution >= 0.6 is 11.3 Å². The average molecular weight is 275 g/mol. The fourth-order valence-corrected chi connectivity index (χ4v) is 3.77. The molecule has 0 saturated heterocycles. The van der Waals surface area contributed by atoms with Crippen LogP contribution in [0, 0.1) is 0 Å². The van der Waals surface area contributed by atoms with E-state index < -0.39 is 0 Å². The van der Waals surface area contributed by atoms with E-state index in [1.54, 1.807) is 0 Å². The first-order valence-electron chi connectivity index (χ1n) is 6.99. The van der Waals surface area contributed by atoms with Crippen LogP contribution in [0.3, 0.4) is 0 Å². The van der Waals surface area contributed by atoms with E-state index in [4.69, 9.17) is 4.74 Å². The van der Waals surface area contributed by atoms with Crippen LogP contribution < -0.4 is 5.32 Å². The predicted octanol–water partition coefficient (Wildman–Crippen LogP) is 4.12. The zero-order chi connectivity index (χ0) is 13.3. The van der Waals surface area contributed by atoms with Crippen molar-refractivity contribution >= 4 is 21.4 Å². The molecule has 1 fully saturated rings. The molecule has 1 aliphatic carbocycles. The molecule has 2 nitrogen and oxygen atoms in total. The molecule has 2 aromatic rings. The third-order valence-corrected chi connectivity index (χ3v) is 5.60. The monoisotopic (exact) mass is 275 g/mol. The summed E-state index contributed by atoms with van der Waals surface area (Å²) in [6.45, 7) is 3.20. The molecule has 1 heterocycles. The maximum Gasteiger partial charge on any atom is 0.0802 e. The first-order valence-corrected chi connectivity index (χ1v) is 7.81. The number of methoxy groups -OCH3 is 1. The van der Waals surface area contributed by atoms with E-state index >= 15 is 0 Å². The lowest BCUT2D eigenvalue weighted by Gasteiger charge is -2.41. The molecule has 1 N–H and O–H groups in total. The molecule has 1 aliphatic rings. The van der Waals surface area contributed by atoms with Crippen molar-refractivity contribution in [1.82, 2.24) is 5.32 Å². The number of fused-ring (bicyclic) bond motifs is 1. The number of hydrogen-bond acceptors (Lipinski definition) is 3. The maximum absolute atomic E-state index is 5.66. The smallest absolute Gasteiger partial charge is 0.0802 e. The Hall–Kier alpha value is -0.900. The molecule has 1 atom stereocenters. The fraction of sp³-hybridized carbons (Fsp3) is 0.500. The van der Waals surface area contributed by atoms with Crippen LogP contribution in [0.15, 0.2) is 30.3 Å². The van der Waals surface area contributed by atoms with Gasteiger partial charge in [-0.3, -0.25) is 0 Å². The molecule has 1 aromatic heterocycles. The Morgan fingerprint density at radius 1 is 1.37 bits per heavy atom. The first-order chi connectivity index (χ1) is 9.22. The van der Waals surface area contributed by atoms with E-state index in [9.17, 15) is 0 Å². The lowest BCUT2D eigenvalue weighted by Crippen LogP contribution is -2.48. The van der Waals surface area contributed by atoms with Gasteiger partial charge in [-0.25, -0.2) is 0 Å². The number of benzene rings is 1. The Morgan fingerprint density at radius 2 is 2.16 bits per heavy atom. The van der Waals surface area contributed by atoms with Gasteiger partial charge in [0.2, 0.25) is 0 Å². The lowest BCUT2D eigenvalue weighted by atomic mass is 9.80. The highest BCUT2D eigenvalue weighted by Gasteiger charge is 2.36. The Bertz CT molecular complexity index is 520.